The molecule has 478 valence electrons. The second-order valence-electron chi connectivity index (χ2n) is 22.6. The van der Waals surface area contributed by atoms with Gasteiger partial charge in [-0.2, -0.15) is 0 Å². The lowest BCUT2D eigenvalue weighted by Gasteiger charge is -2.30. The Morgan fingerprint density at radius 1 is 0.647 bits per heavy atom. The summed E-state index contributed by atoms with van der Waals surface area (Å²) in [6.45, 7) is 17.8. The molecule has 0 radical (unpaired) electrons. The van der Waals surface area contributed by atoms with Crippen LogP contribution < -0.4 is 32.3 Å². The largest absolute Gasteiger partial charge is 0.480 e. The van der Waals surface area contributed by atoms with Crippen LogP contribution in [0.2, 0.25) is 0 Å². The van der Waals surface area contributed by atoms with Gasteiger partial charge in [0.25, 0.3) is 11.8 Å². The van der Waals surface area contributed by atoms with Crippen molar-refractivity contribution in [3.8, 4) is 0 Å². The van der Waals surface area contributed by atoms with Crippen LogP contribution in [0.1, 0.15) is 138 Å². The number of halogens is 1. The molecule has 4 aliphatic rings. The fourth-order valence-corrected chi connectivity index (χ4v) is 15.8. The van der Waals surface area contributed by atoms with Crippen LogP contribution in [0.25, 0.3) is 0 Å². The number of carboxylic acid groups (broad SMARTS) is 1. The smallest absolute Gasteiger partial charge is 0.411 e. The van der Waals surface area contributed by atoms with E-state index in [9.17, 15) is 58.5 Å². The molecule has 7 amide bonds. The van der Waals surface area contributed by atoms with E-state index in [2.05, 4.69) is 26.6 Å². The zero-order valence-corrected chi connectivity index (χ0v) is 53.7. The van der Waals surface area contributed by atoms with Crippen LogP contribution in [0.5, 0.6) is 0 Å². The summed E-state index contributed by atoms with van der Waals surface area (Å²) in [7, 11) is 0. The standard InChI is InChI=1S/C29H42N4O7S2.C16H25N3O3.C12H19NO4S2.CH4.ClH/c1-6-10-20(24(36)26(38)30-16-22(35)32-23(18(2)34)19-11-8-7-9-12-19)31-25(37)21-15-29(41-13-14-42-29)17-33(21)27(39)40-28(3,4)5;1-3-7-13(17)15(21)16(22)18-10-14(20)19-11(2)12-8-5-4-6-9-12;1-11(2,3)17-10(16)13-7-12(18-4-5-19-12)6-8(13)9(14)15;;/h7-9,11-12,20-21,23-24,36H,6,10,13-17H2,1-5H3,(H,30,38)(H,31,37)(H,32,35);4-6,8-9,11,13,15,21H,3,7,10,17H2,1-2H3,(H,18,22)(H,19,20);8H,4-7H2,1-3H3,(H,14,15);1H4;1H/t20?,21-,23+,24?;11-,13?,15?;8-;;/m010../s1. The van der Waals surface area contributed by atoms with E-state index >= 15 is 0 Å². The van der Waals surface area contributed by atoms with E-state index < -0.39 is 102 Å². The maximum atomic E-state index is 13.5. The highest BCUT2D eigenvalue weighted by atomic mass is 35.5. The van der Waals surface area contributed by atoms with Crippen molar-refractivity contribution >= 4 is 113 Å². The molecule has 4 saturated heterocycles. The topological polar surface area (TPSA) is 325 Å². The van der Waals surface area contributed by atoms with Gasteiger partial charge in [0.2, 0.25) is 17.7 Å². The summed E-state index contributed by atoms with van der Waals surface area (Å²) >= 11 is 6.98. The Morgan fingerprint density at radius 3 is 1.48 bits per heavy atom. The van der Waals surface area contributed by atoms with Gasteiger partial charge in [-0.25, -0.2) is 14.4 Å². The third kappa shape index (κ3) is 24.3. The molecular weight excluding hydrogens is 1200 g/mol. The first-order valence-corrected chi connectivity index (χ1v) is 31.8. The number of nitrogens with one attached hydrogen (secondary N) is 5. The average Bonchev–Trinajstić information content (AvgIpc) is 1.88. The number of likely N-dealkylation sites (tertiary alicyclic amines) is 2. The van der Waals surface area contributed by atoms with E-state index in [-0.39, 0.29) is 52.3 Å². The zero-order chi connectivity index (χ0) is 61.9. The molecule has 2 aromatic rings. The van der Waals surface area contributed by atoms with Crippen molar-refractivity contribution in [2.24, 2.45) is 5.73 Å². The van der Waals surface area contributed by atoms with Crippen LogP contribution in [-0.2, 0) is 43.0 Å². The van der Waals surface area contributed by atoms with Gasteiger partial charge in [-0.05, 0) is 79.4 Å². The molecule has 85 heavy (non-hydrogen) atoms. The van der Waals surface area contributed by atoms with E-state index in [0.717, 1.165) is 35.0 Å². The molecule has 4 heterocycles. The summed E-state index contributed by atoms with van der Waals surface area (Å²) in [4.78, 5) is 114. The summed E-state index contributed by atoms with van der Waals surface area (Å²) < 4.78 is 10.4. The molecule has 27 heteroatoms. The highest BCUT2D eigenvalue weighted by Gasteiger charge is 2.54. The number of ketones is 1. The number of Topliss-reactive ketones (excluding diaryl/α,β-unsaturated/α-hetero) is 1. The van der Waals surface area contributed by atoms with Gasteiger partial charge >= 0.3 is 18.2 Å². The number of hydrogen-bond acceptors (Lipinski definition) is 18. The van der Waals surface area contributed by atoms with Crippen LogP contribution >= 0.6 is 59.5 Å². The van der Waals surface area contributed by atoms with Crippen LogP contribution in [0, 0.1) is 0 Å². The van der Waals surface area contributed by atoms with E-state index in [1.54, 1.807) is 119 Å². The zero-order valence-electron chi connectivity index (χ0n) is 49.6. The molecular formula is C58H91ClN8O14S4. The molecule has 10 N–H and O–H groups in total. The van der Waals surface area contributed by atoms with Gasteiger partial charge in [0.1, 0.15) is 35.4 Å². The Labute approximate surface area is 524 Å². The Bertz CT molecular complexity index is 2520. The lowest BCUT2D eigenvalue weighted by atomic mass is 10.0. The third-order valence-corrected chi connectivity index (χ3v) is 20.1. The van der Waals surface area contributed by atoms with Crippen molar-refractivity contribution in [1.82, 2.24) is 36.4 Å². The number of ether oxygens (including phenoxy) is 2. The third-order valence-electron chi connectivity index (χ3n) is 13.3. The molecule has 0 aromatic heterocycles. The van der Waals surface area contributed by atoms with Gasteiger partial charge in [0, 0.05) is 55.0 Å². The van der Waals surface area contributed by atoms with Crippen LogP contribution in [0.3, 0.4) is 0 Å². The SMILES string of the molecule is C.CC(C)(C)OC(=O)N1CC2(C[C@H]1C(=O)O)SCCS2.CCCC(N)C(O)C(=O)NCC(=O)N[C@H](C)c1ccccc1.CCCC(NC(=O)[C@@H]1CC2(CN1C(=O)OC(C)(C)C)SCCS2)C(O)C(=O)NCC(=O)N[C@H](C(C)=O)c1ccccc1.Cl. The molecule has 0 aliphatic carbocycles. The molecule has 22 nitrogen and oxygen atoms in total. The monoisotopic (exact) mass is 1290 g/mol. The number of aliphatic hydroxyl groups is 2. The highest BCUT2D eigenvalue weighted by Crippen LogP contribution is 2.53. The van der Waals surface area contributed by atoms with Crippen molar-refractivity contribution in [2.45, 2.75) is 183 Å². The predicted molar refractivity (Wildman–Crippen MR) is 338 cm³/mol. The van der Waals surface area contributed by atoms with Crippen molar-refractivity contribution in [2.75, 3.05) is 49.2 Å². The van der Waals surface area contributed by atoms with Gasteiger partial charge in [-0.3, -0.25) is 38.6 Å². The minimum absolute atomic E-state index is 0. The predicted octanol–water partition coefficient (Wildman–Crippen LogP) is 6.16. The fourth-order valence-electron chi connectivity index (χ4n) is 9.28. The van der Waals surface area contributed by atoms with E-state index in [1.165, 1.54) is 16.7 Å². The first-order valence-electron chi connectivity index (χ1n) is 27.9. The summed E-state index contributed by atoms with van der Waals surface area (Å²) in [6.07, 6.45) is -0.937. The van der Waals surface area contributed by atoms with Gasteiger partial charge < -0.3 is 57.1 Å². The van der Waals surface area contributed by atoms with Crippen molar-refractivity contribution in [1.29, 1.82) is 0 Å². The first-order chi connectivity index (χ1) is 38.9. The summed E-state index contributed by atoms with van der Waals surface area (Å²) in [5.41, 5.74) is 5.93. The quantitative estimate of drug-likeness (QED) is 0.0716. The molecule has 4 unspecified atom stereocenters. The normalized spacial score (nSPS) is 19.4. The number of aliphatic hydroxyl groups excluding tert-OH is 2. The second kappa shape index (κ2) is 35.1. The summed E-state index contributed by atoms with van der Waals surface area (Å²) in [6, 6.07) is 14.1. The maximum Gasteiger partial charge on any atom is 0.411 e. The molecule has 4 aliphatic heterocycles. The minimum atomic E-state index is -1.64. The number of nitrogens with two attached hydrogens (primary N) is 1. The molecule has 2 spiro atoms. The van der Waals surface area contributed by atoms with E-state index in [0.29, 0.717) is 50.8 Å². The van der Waals surface area contributed by atoms with Gasteiger partial charge in [0.05, 0.1) is 33.3 Å². The Hall–Kier alpha value is -4.96. The van der Waals surface area contributed by atoms with E-state index in [4.69, 9.17) is 15.2 Å². The number of rotatable bonds is 20. The Balaban J connectivity index is 0.000000480. The number of carbonyl (C=O) groups excluding carboxylic acids is 8. The molecule has 2 aromatic carbocycles. The first kappa shape index (κ1) is 76.1. The lowest BCUT2D eigenvalue weighted by molar-refractivity contribution is -0.142. The summed E-state index contributed by atoms with van der Waals surface area (Å²) in [5.74, 6) is -0.201. The number of amides is 7. The number of hydrogen-bond donors (Lipinski definition) is 9. The van der Waals surface area contributed by atoms with Crippen LogP contribution in [-0.4, -0.2) is 184 Å². The van der Waals surface area contributed by atoms with Gasteiger partial charge in [-0.15, -0.1) is 59.5 Å². The van der Waals surface area contributed by atoms with Crippen molar-refractivity contribution in [3.05, 3.63) is 71.8 Å². The number of carboxylic acids is 1. The molecule has 8 atom stereocenters. The van der Waals surface area contributed by atoms with E-state index in [1.807, 2.05) is 51.1 Å². The van der Waals surface area contributed by atoms with Gasteiger partial charge in [-0.1, -0.05) is 94.8 Å². The number of aliphatic carboxylic acids is 1. The summed E-state index contributed by atoms with van der Waals surface area (Å²) in [5, 5.41) is 42.9. The molecule has 6 rings (SSSR count). The van der Waals surface area contributed by atoms with Gasteiger partial charge in [0.15, 0.2) is 11.9 Å². The van der Waals surface area contributed by atoms with Crippen molar-refractivity contribution in [3.63, 3.8) is 0 Å². The second-order valence-corrected chi connectivity index (χ2v) is 29.0. The Kier molecular flexibility index (Phi) is 31.5. The maximum absolute atomic E-state index is 13.5. The number of carbonyl (C=O) groups is 9. The van der Waals surface area contributed by atoms with Crippen molar-refractivity contribution < 1.29 is 67.9 Å². The average molecular weight is 1290 g/mol. The lowest BCUT2D eigenvalue weighted by Crippen LogP contribution is -2.56. The Morgan fingerprint density at radius 2 is 1.06 bits per heavy atom. The fraction of sp³-hybridized carbons (Fsp3) is 0.638. The highest BCUT2D eigenvalue weighted by molar-refractivity contribution is 8.21. The number of thioether (sulfide) groups is 4. The molecule has 0 saturated carbocycles. The molecule has 0 bridgehead atoms. The number of nitrogens with zero attached hydrogens (tertiary/aromatic N) is 2. The minimum Gasteiger partial charge on any atom is -0.480 e. The van der Waals surface area contributed by atoms with Crippen LogP contribution in [0.15, 0.2) is 60.7 Å². The van der Waals surface area contributed by atoms with Crippen LogP contribution in [0.4, 0.5) is 9.59 Å². The molecule has 4 fully saturated rings. The number of benzene rings is 2.